The molecule has 1 aromatic heterocycles. The number of aryl methyl sites for hydroxylation is 1. The van der Waals surface area contributed by atoms with Gasteiger partial charge in [0.1, 0.15) is 23.3 Å². The lowest BCUT2D eigenvalue weighted by Crippen LogP contribution is -2.37. The molecule has 4 rings (SSSR count). The largest absolute Gasteiger partial charge is 0.483 e. The molecule has 0 atom stereocenters. The van der Waals surface area contributed by atoms with E-state index in [2.05, 4.69) is 5.32 Å². The molecular formula is C30H31NO5. The molecule has 6 nitrogen and oxygen atoms in total. The highest BCUT2D eigenvalue weighted by molar-refractivity contribution is 5.81. The van der Waals surface area contributed by atoms with Crippen molar-refractivity contribution < 1.29 is 18.7 Å². The molecule has 0 unspecified atom stereocenters. The number of hydrogen-bond donors (Lipinski definition) is 1. The van der Waals surface area contributed by atoms with E-state index in [9.17, 15) is 9.59 Å². The average Bonchev–Trinajstić information content (AvgIpc) is 2.92. The summed E-state index contributed by atoms with van der Waals surface area (Å²) in [5, 5.41) is 3.36. The van der Waals surface area contributed by atoms with Gasteiger partial charge in [0.25, 0.3) is 5.91 Å². The van der Waals surface area contributed by atoms with Crippen LogP contribution in [0.5, 0.6) is 17.2 Å². The summed E-state index contributed by atoms with van der Waals surface area (Å²) >= 11 is 0. The molecule has 36 heavy (non-hydrogen) atoms. The van der Waals surface area contributed by atoms with Gasteiger partial charge in [0.2, 0.25) is 11.2 Å². The fraction of sp³-hybridized carbons (Fsp3) is 0.267. The number of fused-ring (bicyclic) bond motifs is 1. The van der Waals surface area contributed by atoms with E-state index in [4.69, 9.17) is 13.9 Å². The lowest BCUT2D eigenvalue weighted by Gasteiger charge is -2.16. The highest BCUT2D eigenvalue weighted by atomic mass is 16.5. The first kappa shape index (κ1) is 25.0. The zero-order valence-electron chi connectivity index (χ0n) is 20.9. The van der Waals surface area contributed by atoms with Crippen molar-refractivity contribution in [3.05, 3.63) is 88.8 Å². The molecule has 3 aromatic carbocycles. The molecule has 6 heteroatoms. The first-order valence-electron chi connectivity index (χ1n) is 12.4. The quantitative estimate of drug-likeness (QED) is 0.277. The van der Waals surface area contributed by atoms with Crippen molar-refractivity contribution in [3.63, 3.8) is 0 Å². The van der Waals surface area contributed by atoms with Crippen molar-refractivity contribution in [2.24, 2.45) is 0 Å². The van der Waals surface area contributed by atoms with E-state index in [1.54, 1.807) is 12.1 Å². The zero-order chi connectivity index (χ0) is 25.5. The number of carbonyl (C=O) groups excluding carboxylic acids is 1. The lowest BCUT2D eigenvalue weighted by atomic mass is 10.1. The Bertz CT molecular complexity index is 1370. The van der Waals surface area contributed by atoms with Crippen LogP contribution in [-0.2, 0) is 11.2 Å². The van der Waals surface area contributed by atoms with Crippen LogP contribution in [0.2, 0.25) is 0 Å². The second kappa shape index (κ2) is 11.6. The molecular weight excluding hydrogens is 454 g/mol. The Morgan fingerprint density at radius 3 is 2.28 bits per heavy atom. The van der Waals surface area contributed by atoms with E-state index in [-0.39, 0.29) is 29.7 Å². The predicted molar refractivity (Wildman–Crippen MR) is 142 cm³/mol. The number of benzene rings is 3. The van der Waals surface area contributed by atoms with E-state index < -0.39 is 0 Å². The van der Waals surface area contributed by atoms with Gasteiger partial charge in [-0.15, -0.1) is 0 Å². The number of carbonyl (C=O) groups is 1. The van der Waals surface area contributed by atoms with Gasteiger partial charge in [-0.2, -0.15) is 0 Å². The summed E-state index contributed by atoms with van der Waals surface area (Å²) in [5.41, 5.74) is 3.08. The SMILES string of the molecule is CCc1cc2c(=O)c(Oc3ccc(-c4ccccc4)cc3)coc2cc1OCC(=O)NC(CC)CC. The monoisotopic (exact) mass is 485 g/mol. The summed E-state index contributed by atoms with van der Waals surface area (Å²) in [6.45, 7) is 5.94. The van der Waals surface area contributed by atoms with Crippen LogP contribution in [0.4, 0.5) is 0 Å². The zero-order valence-corrected chi connectivity index (χ0v) is 20.9. The van der Waals surface area contributed by atoms with Gasteiger partial charge in [0.05, 0.1) is 5.39 Å². The molecule has 186 valence electrons. The van der Waals surface area contributed by atoms with Crippen molar-refractivity contribution in [3.8, 4) is 28.4 Å². The molecule has 0 saturated heterocycles. The van der Waals surface area contributed by atoms with Crippen molar-refractivity contribution in [1.82, 2.24) is 5.32 Å². The van der Waals surface area contributed by atoms with Crippen molar-refractivity contribution >= 4 is 16.9 Å². The van der Waals surface area contributed by atoms with Crippen LogP contribution in [0, 0.1) is 0 Å². The molecule has 0 bridgehead atoms. The van der Waals surface area contributed by atoms with Crippen molar-refractivity contribution in [2.75, 3.05) is 6.61 Å². The van der Waals surface area contributed by atoms with E-state index in [1.807, 2.05) is 75.4 Å². The Morgan fingerprint density at radius 2 is 1.61 bits per heavy atom. The summed E-state index contributed by atoms with van der Waals surface area (Å²) in [7, 11) is 0. The van der Waals surface area contributed by atoms with Crippen molar-refractivity contribution in [1.29, 1.82) is 0 Å². The first-order chi connectivity index (χ1) is 17.5. The topological polar surface area (TPSA) is 77.8 Å². The van der Waals surface area contributed by atoms with Crippen LogP contribution in [0.3, 0.4) is 0 Å². The predicted octanol–water partition coefficient (Wildman–Crippen LogP) is 6.50. The van der Waals surface area contributed by atoms with Crippen LogP contribution in [0.1, 0.15) is 39.2 Å². The summed E-state index contributed by atoms with van der Waals surface area (Å²) in [5.74, 6) is 1.00. The third-order valence-electron chi connectivity index (χ3n) is 6.20. The fourth-order valence-corrected chi connectivity index (χ4v) is 4.04. The molecule has 0 fully saturated rings. The molecule has 0 aliphatic rings. The maximum Gasteiger partial charge on any atom is 0.258 e. The van der Waals surface area contributed by atoms with Gasteiger partial charge in [-0.25, -0.2) is 0 Å². The van der Waals surface area contributed by atoms with Crippen molar-refractivity contribution in [2.45, 2.75) is 46.1 Å². The number of hydrogen-bond acceptors (Lipinski definition) is 5. The number of ether oxygens (including phenoxy) is 2. The van der Waals surface area contributed by atoms with Gasteiger partial charge in [0, 0.05) is 12.1 Å². The minimum atomic E-state index is -0.267. The second-order valence-corrected chi connectivity index (χ2v) is 8.60. The third kappa shape index (κ3) is 5.77. The first-order valence-corrected chi connectivity index (χ1v) is 12.4. The van der Waals surface area contributed by atoms with Crippen LogP contribution in [0.15, 0.2) is 82.2 Å². The number of nitrogens with one attached hydrogen (secondary N) is 1. The summed E-state index contributed by atoms with van der Waals surface area (Å²) < 4.78 is 17.4. The van der Waals surface area contributed by atoms with E-state index in [1.165, 1.54) is 6.26 Å². The average molecular weight is 486 g/mol. The molecule has 1 amide bonds. The smallest absolute Gasteiger partial charge is 0.258 e. The van der Waals surface area contributed by atoms with Crippen LogP contribution >= 0.6 is 0 Å². The number of amides is 1. The van der Waals surface area contributed by atoms with Crippen LogP contribution in [0.25, 0.3) is 22.1 Å². The Labute approximate surface area is 210 Å². The highest BCUT2D eigenvalue weighted by Gasteiger charge is 2.15. The molecule has 0 aliphatic heterocycles. The molecule has 0 spiro atoms. The number of rotatable bonds is 10. The Morgan fingerprint density at radius 1 is 0.917 bits per heavy atom. The highest BCUT2D eigenvalue weighted by Crippen LogP contribution is 2.29. The minimum Gasteiger partial charge on any atom is -0.483 e. The summed E-state index contributed by atoms with van der Waals surface area (Å²) in [6, 6.07) is 21.1. The molecule has 0 aliphatic carbocycles. The van der Waals surface area contributed by atoms with E-state index in [0.29, 0.717) is 28.9 Å². The normalized spacial score (nSPS) is 11.0. The summed E-state index contributed by atoms with van der Waals surface area (Å²) in [4.78, 5) is 25.4. The fourth-order valence-electron chi connectivity index (χ4n) is 4.04. The van der Waals surface area contributed by atoms with Gasteiger partial charge in [-0.1, -0.05) is 63.2 Å². The Hall–Kier alpha value is -4.06. The molecule has 1 N–H and O–H groups in total. The van der Waals surface area contributed by atoms with Gasteiger partial charge >= 0.3 is 0 Å². The standard InChI is InChI=1S/C30H31NO5/c1-4-20-16-25-27(17-26(20)35-19-29(32)31-23(5-2)6-3)34-18-28(30(25)33)36-24-14-12-22(13-15-24)21-10-8-7-9-11-21/h7-18,23H,4-6,19H2,1-3H3,(H,31,32). The maximum atomic E-state index is 13.2. The lowest BCUT2D eigenvalue weighted by molar-refractivity contribution is -0.123. The Balaban J connectivity index is 1.52. The summed E-state index contributed by atoms with van der Waals surface area (Å²) in [6.07, 6.45) is 3.67. The second-order valence-electron chi connectivity index (χ2n) is 8.60. The van der Waals surface area contributed by atoms with Gasteiger partial charge in [0.15, 0.2) is 6.61 Å². The van der Waals surface area contributed by atoms with Crippen LogP contribution in [-0.4, -0.2) is 18.6 Å². The van der Waals surface area contributed by atoms with Gasteiger partial charge in [-0.05, 0) is 54.2 Å². The molecule has 4 aromatic rings. The van der Waals surface area contributed by atoms with E-state index >= 15 is 0 Å². The molecule has 1 heterocycles. The Kier molecular flexibility index (Phi) is 8.06. The maximum absolute atomic E-state index is 13.2. The van der Waals surface area contributed by atoms with Crippen LogP contribution < -0.4 is 20.2 Å². The minimum absolute atomic E-state index is 0.0978. The van der Waals surface area contributed by atoms with Gasteiger partial charge in [-0.3, -0.25) is 9.59 Å². The van der Waals surface area contributed by atoms with E-state index in [0.717, 1.165) is 29.5 Å². The molecule has 0 radical (unpaired) electrons. The van der Waals surface area contributed by atoms with Gasteiger partial charge < -0.3 is 19.2 Å². The molecule has 0 saturated carbocycles. The third-order valence-corrected chi connectivity index (χ3v) is 6.20.